The van der Waals surface area contributed by atoms with E-state index < -0.39 is 10.8 Å². The number of aromatic amines is 1. The van der Waals surface area contributed by atoms with E-state index in [-0.39, 0.29) is 34.1 Å². The van der Waals surface area contributed by atoms with Crippen molar-refractivity contribution in [2.45, 2.75) is 23.5 Å². The average molecular weight is 447 g/mol. The van der Waals surface area contributed by atoms with E-state index in [4.69, 9.17) is 0 Å². The van der Waals surface area contributed by atoms with Gasteiger partial charge in [0.1, 0.15) is 11.6 Å². The smallest absolute Gasteiger partial charge is 0.270 e. The van der Waals surface area contributed by atoms with Crippen molar-refractivity contribution in [3.63, 3.8) is 0 Å². The van der Waals surface area contributed by atoms with Crippen LogP contribution >= 0.6 is 11.8 Å². The van der Waals surface area contributed by atoms with Crippen molar-refractivity contribution in [2.24, 2.45) is 0 Å². The second-order valence-electron chi connectivity index (χ2n) is 6.61. The third-order valence-corrected chi connectivity index (χ3v) is 5.20. The summed E-state index contributed by atoms with van der Waals surface area (Å²) in [6, 6.07) is 16.4. The SMILES string of the molecule is Cc1cc(=O)[nH]c(Sc2ccc([N+](=O)[O-])cc2/C=C(\C#N)C(=O)NCc2ccccc2)n1. The first-order valence-corrected chi connectivity index (χ1v) is 10.2. The lowest BCUT2D eigenvalue weighted by atomic mass is 10.1. The number of carbonyl (C=O) groups is 1. The van der Waals surface area contributed by atoms with E-state index >= 15 is 0 Å². The van der Waals surface area contributed by atoms with Crippen LogP contribution < -0.4 is 10.9 Å². The lowest BCUT2D eigenvalue weighted by Gasteiger charge is -2.08. The molecule has 0 radical (unpaired) electrons. The molecule has 0 aliphatic rings. The van der Waals surface area contributed by atoms with E-state index in [1.807, 2.05) is 36.4 Å². The second-order valence-corrected chi connectivity index (χ2v) is 7.64. The number of aromatic nitrogens is 2. The van der Waals surface area contributed by atoms with Crippen molar-refractivity contribution in [1.82, 2.24) is 15.3 Å². The van der Waals surface area contributed by atoms with E-state index in [1.54, 1.807) is 6.92 Å². The summed E-state index contributed by atoms with van der Waals surface area (Å²) in [5, 5.41) is 23.7. The zero-order valence-corrected chi connectivity index (χ0v) is 17.7. The highest BCUT2D eigenvalue weighted by molar-refractivity contribution is 7.99. The molecule has 1 heterocycles. The molecule has 1 aromatic heterocycles. The number of nitro benzene ring substituents is 1. The molecule has 3 rings (SSSR count). The molecule has 0 saturated heterocycles. The summed E-state index contributed by atoms with van der Waals surface area (Å²) in [6.07, 6.45) is 1.28. The van der Waals surface area contributed by atoms with Gasteiger partial charge in [0.05, 0.1) is 4.92 Å². The molecule has 160 valence electrons. The number of non-ortho nitro benzene ring substituents is 1. The first-order chi connectivity index (χ1) is 15.4. The van der Waals surface area contributed by atoms with Gasteiger partial charge in [-0.05, 0) is 30.2 Å². The molecule has 0 saturated carbocycles. The second kappa shape index (κ2) is 10.2. The number of rotatable bonds is 7. The number of nitriles is 1. The van der Waals surface area contributed by atoms with Crippen molar-refractivity contribution in [3.05, 3.63) is 97.5 Å². The number of aryl methyl sites for hydroxylation is 1. The molecule has 32 heavy (non-hydrogen) atoms. The van der Waals surface area contributed by atoms with Gasteiger partial charge in [0.15, 0.2) is 5.16 Å². The summed E-state index contributed by atoms with van der Waals surface area (Å²) in [7, 11) is 0. The molecule has 0 bridgehead atoms. The number of nitro groups is 1. The average Bonchev–Trinajstić information content (AvgIpc) is 2.76. The third kappa shape index (κ3) is 5.90. The van der Waals surface area contributed by atoms with Gasteiger partial charge in [-0.15, -0.1) is 0 Å². The van der Waals surface area contributed by atoms with Gasteiger partial charge in [-0.25, -0.2) is 4.98 Å². The zero-order chi connectivity index (χ0) is 23.1. The van der Waals surface area contributed by atoms with Crippen LogP contribution in [0, 0.1) is 28.4 Å². The maximum Gasteiger partial charge on any atom is 0.270 e. The highest BCUT2D eigenvalue weighted by atomic mass is 32.2. The number of nitrogens with zero attached hydrogens (tertiary/aromatic N) is 3. The quantitative estimate of drug-likeness (QED) is 0.186. The number of benzene rings is 2. The van der Waals surface area contributed by atoms with Gasteiger partial charge in [0, 0.05) is 35.3 Å². The van der Waals surface area contributed by atoms with Gasteiger partial charge in [-0.3, -0.25) is 19.7 Å². The van der Waals surface area contributed by atoms with Crippen LogP contribution in [-0.2, 0) is 11.3 Å². The van der Waals surface area contributed by atoms with Gasteiger partial charge < -0.3 is 10.3 Å². The first-order valence-electron chi connectivity index (χ1n) is 9.34. The van der Waals surface area contributed by atoms with E-state index in [0.29, 0.717) is 10.6 Å². The molecule has 0 unspecified atom stereocenters. The molecule has 10 heteroatoms. The number of nitrogens with one attached hydrogen (secondary N) is 2. The van der Waals surface area contributed by atoms with Crippen LogP contribution in [-0.4, -0.2) is 20.8 Å². The van der Waals surface area contributed by atoms with Crippen LogP contribution in [0.2, 0.25) is 0 Å². The molecular formula is C22H17N5O4S. The molecule has 0 spiro atoms. The van der Waals surface area contributed by atoms with Crippen molar-refractivity contribution in [3.8, 4) is 6.07 Å². The molecule has 0 aliphatic carbocycles. The molecule has 0 fully saturated rings. The monoisotopic (exact) mass is 447 g/mol. The highest BCUT2D eigenvalue weighted by Gasteiger charge is 2.15. The number of amides is 1. The summed E-state index contributed by atoms with van der Waals surface area (Å²) >= 11 is 1.06. The topological polar surface area (TPSA) is 142 Å². The van der Waals surface area contributed by atoms with Crippen LogP contribution in [0.5, 0.6) is 0 Å². The Labute approximate surface area is 187 Å². The maximum absolute atomic E-state index is 12.5. The molecule has 0 aliphatic heterocycles. The summed E-state index contributed by atoms with van der Waals surface area (Å²) in [4.78, 5) is 42.2. The van der Waals surface area contributed by atoms with Gasteiger partial charge in [0.2, 0.25) is 0 Å². The zero-order valence-electron chi connectivity index (χ0n) is 16.9. The lowest BCUT2D eigenvalue weighted by molar-refractivity contribution is -0.384. The van der Waals surface area contributed by atoms with Crippen LogP contribution in [0.25, 0.3) is 6.08 Å². The highest BCUT2D eigenvalue weighted by Crippen LogP contribution is 2.31. The Morgan fingerprint density at radius 1 is 1.28 bits per heavy atom. The summed E-state index contributed by atoms with van der Waals surface area (Å²) in [5.74, 6) is -0.610. The minimum absolute atomic E-state index is 0.201. The third-order valence-electron chi connectivity index (χ3n) is 4.22. The molecular weight excluding hydrogens is 430 g/mol. The number of hydrogen-bond acceptors (Lipinski definition) is 7. The lowest BCUT2D eigenvalue weighted by Crippen LogP contribution is -2.23. The van der Waals surface area contributed by atoms with E-state index in [0.717, 1.165) is 17.3 Å². The fourth-order valence-electron chi connectivity index (χ4n) is 2.74. The molecule has 0 atom stereocenters. The van der Waals surface area contributed by atoms with Crippen molar-refractivity contribution >= 4 is 29.4 Å². The predicted molar refractivity (Wildman–Crippen MR) is 119 cm³/mol. The summed E-state index contributed by atoms with van der Waals surface area (Å²) < 4.78 is 0. The Morgan fingerprint density at radius 3 is 2.69 bits per heavy atom. The Morgan fingerprint density at radius 2 is 2.03 bits per heavy atom. The Kier molecular flexibility index (Phi) is 7.15. The van der Waals surface area contributed by atoms with Crippen LogP contribution in [0.1, 0.15) is 16.8 Å². The normalized spacial score (nSPS) is 10.9. The Balaban J connectivity index is 1.93. The molecule has 9 nitrogen and oxygen atoms in total. The van der Waals surface area contributed by atoms with Gasteiger partial charge in [0.25, 0.3) is 17.2 Å². The van der Waals surface area contributed by atoms with E-state index in [1.165, 1.54) is 30.3 Å². The van der Waals surface area contributed by atoms with Crippen LogP contribution in [0.4, 0.5) is 5.69 Å². The fraction of sp³-hybridized carbons (Fsp3) is 0.0909. The molecule has 2 N–H and O–H groups in total. The summed E-state index contributed by atoms with van der Waals surface area (Å²) in [5.41, 5.74) is 0.895. The minimum atomic E-state index is -0.610. The van der Waals surface area contributed by atoms with E-state index in [9.17, 15) is 25.0 Å². The predicted octanol–water partition coefficient (Wildman–Crippen LogP) is 3.36. The molecule has 3 aromatic rings. The van der Waals surface area contributed by atoms with Gasteiger partial charge >= 0.3 is 0 Å². The van der Waals surface area contributed by atoms with Crippen molar-refractivity contribution < 1.29 is 9.72 Å². The van der Waals surface area contributed by atoms with Crippen LogP contribution in [0.15, 0.2) is 75.0 Å². The van der Waals surface area contributed by atoms with Gasteiger partial charge in [-0.2, -0.15) is 5.26 Å². The van der Waals surface area contributed by atoms with Crippen molar-refractivity contribution in [1.29, 1.82) is 5.26 Å². The molecule has 1 amide bonds. The largest absolute Gasteiger partial charge is 0.347 e. The first kappa shape index (κ1) is 22.5. The number of H-pyrrole nitrogens is 1. The van der Waals surface area contributed by atoms with E-state index in [2.05, 4.69) is 15.3 Å². The summed E-state index contributed by atoms with van der Waals surface area (Å²) in [6.45, 7) is 1.89. The minimum Gasteiger partial charge on any atom is -0.347 e. The number of carbonyl (C=O) groups excluding carboxylic acids is 1. The standard InChI is InChI=1S/C22H17N5O4S/c1-14-9-20(28)26-22(25-14)32-19-8-7-18(27(30)31)11-16(19)10-17(12-23)21(29)24-13-15-5-3-2-4-6-15/h2-11H,13H2,1H3,(H,24,29)(H,25,26,28)/b17-10+. The number of hydrogen-bond donors (Lipinski definition) is 2. The van der Waals surface area contributed by atoms with Crippen LogP contribution in [0.3, 0.4) is 0 Å². The van der Waals surface area contributed by atoms with Crippen molar-refractivity contribution in [2.75, 3.05) is 0 Å². The fourth-order valence-corrected chi connectivity index (χ4v) is 3.66. The molecule has 2 aromatic carbocycles. The maximum atomic E-state index is 12.5. The Bertz CT molecular complexity index is 1300. The van der Waals surface area contributed by atoms with Gasteiger partial charge in [-0.1, -0.05) is 42.1 Å². The Hall–Kier alpha value is -4.23.